The van der Waals surface area contributed by atoms with E-state index >= 15 is 0 Å². The molecule has 4 rings (SSSR count). The summed E-state index contributed by atoms with van der Waals surface area (Å²) in [6, 6.07) is 18.2. The molecular weight excluding hydrogens is 446 g/mol. The van der Waals surface area contributed by atoms with Crippen molar-refractivity contribution in [3.8, 4) is 17.1 Å². The number of hydrogen-bond acceptors (Lipinski definition) is 6. The molecule has 1 aliphatic rings. The molecule has 0 aliphatic carbocycles. The summed E-state index contributed by atoms with van der Waals surface area (Å²) >= 11 is 1.45. The van der Waals surface area contributed by atoms with E-state index in [1.54, 1.807) is 7.11 Å². The molecule has 3 aromatic rings. The smallest absolute Gasteiger partial charge is 0.235 e. The van der Waals surface area contributed by atoms with Crippen LogP contribution in [0, 0.1) is 0 Å². The fourth-order valence-corrected chi connectivity index (χ4v) is 5.00. The number of rotatable bonds is 9. The molecule has 7 nitrogen and oxygen atoms in total. The van der Waals surface area contributed by atoms with Crippen molar-refractivity contribution in [2.45, 2.75) is 30.4 Å². The van der Waals surface area contributed by atoms with Crippen molar-refractivity contribution in [2.24, 2.45) is 0 Å². The lowest BCUT2D eigenvalue weighted by atomic mass is 10.2. The molecule has 0 N–H and O–H groups in total. The first-order valence-electron chi connectivity index (χ1n) is 11.5. The van der Waals surface area contributed by atoms with Crippen molar-refractivity contribution in [1.29, 1.82) is 0 Å². The summed E-state index contributed by atoms with van der Waals surface area (Å²) in [5.41, 5.74) is 2.25. The maximum absolute atomic E-state index is 13.2. The van der Waals surface area contributed by atoms with Gasteiger partial charge < -0.3 is 9.64 Å². The normalized spacial score (nSPS) is 15.2. The SMILES string of the molecule is C=CCn1c(SC(C)C(=O)N2CCN(Cc3ccccc3)CC2)nnc1-c1ccc(OC)cc1. The van der Waals surface area contributed by atoms with Gasteiger partial charge in [-0.3, -0.25) is 14.3 Å². The minimum absolute atomic E-state index is 0.142. The van der Waals surface area contributed by atoms with Gasteiger partial charge in [0.2, 0.25) is 5.91 Å². The second-order valence-corrected chi connectivity index (χ2v) is 9.59. The van der Waals surface area contributed by atoms with Gasteiger partial charge in [-0.25, -0.2) is 0 Å². The molecule has 1 unspecified atom stereocenters. The first-order valence-corrected chi connectivity index (χ1v) is 12.4. The molecule has 1 aromatic heterocycles. The Morgan fingerprint density at radius 3 is 2.44 bits per heavy atom. The zero-order chi connectivity index (χ0) is 23.9. The minimum atomic E-state index is -0.253. The van der Waals surface area contributed by atoms with E-state index in [4.69, 9.17) is 4.74 Å². The second-order valence-electron chi connectivity index (χ2n) is 8.28. The third-order valence-electron chi connectivity index (χ3n) is 5.94. The van der Waals surface area contributed by atoms with E-state index in [9.17, 15) is 4.79 Å². The van der Waals surface area contributed by atoms with E-state index < -0.39 is 0 Å². The molecule has 1 saturated heterocycles. The van der Waals surface area contributed by atoms with E-state index in [2.05, 4.69) is 45.9 Å². The van der Waals surface area contributed by atoms with Crippen molar-refractivity contribution in [2.75, 3.05) is 33.3 Å². The highest BCUT2D eigenvalue weighted by Gasteiger charge is 2.27. The molecule has 2 aromatic carbocycles. The third-order valence-corrected chi connectivity index (χ3v) is 7.01. The van der Waals surface area contributed by atoms with Crippen molar-refractivity contribution in [3.05, 3.63) is 72.8 Å². The Hall–Kier alpha value is -3.10. The van der Waals surface area contributed by atoms with Crippen LogP contribution >= 0.6 is 11.8 Å². The van der Waals surface area contributed by atoms with Crippen LogP contribution in [0.1, 0.15) is 12.5 Å². The Balaban J connectivity index is 1.38. The summed E-state index contributed by atoms with van der Waals surface area (Å²) in [6.07, 6.45) is 1.82. The average Bonchev–Trinajstić information content (AvgIpc) is 3.27. The average molecular weight is 478 g/mol. The van der Waals surface area contributed by atoms with Gasteiger partial charge in [0.05, 0.1) is 12.4 Å². The molecule has 8 heteroatoms. The fraction of sp³-hybridized carbons (Fsp3) is 0.346. The van der Waals surface area contributed by atoms with Crippen LogP contribution < -0.4 is 4.74 Å². The number of ether oxygens (including phenoxy) is 1. The van der Waals surface area contributed by atoms with Crippen LogP contribution in [0.2, 0.25) is 0 Å². The molecular formula is C26H31N5O2S. The molecule has 2 heterocycles. The van der Waals surface area contributed by atoms with Gasteiger partial charge in [-0.05, 0) is 36.8 Å². The Bertz CT molecular complexity index is 1090. The highest BCUT2D eigenvalue weighted by atomic mass is 32.2. The summed E-state index contributed by atoms with van der Waals surface area (Å²) in [6.45, 7) is 10.6. The van der Waals surface area contributed by atoms with Gasteiger partial charge in [-0.1, -0.05) is 48.2 Å². The maximum atomic E-state index is 13.2. The molecule has 1 amide bonds. The molecule has 1 atom stereocenters. The highest BCUT2D eigenvalue weighted by Crippen LogP contribution is 2.29. The topological polar surface area (TPSA) is 63.5 Å². The van der Waals surface area contributed by atoms with Gasteiger partial charge in [0, 0.05) is 44.8 Å². The number of hydrogen-bond donors (Lipinski definition) is 0. The lowest BCUT2D eigenvalue weighted by Gasteiger charge is -2.35. The molecule has 178 valence electrons. The lowest BCUT2D eigenvalue weighted by molar-refractivity contribution is -0.132. The van der Waals surface area contributed by atoms with Gasteiger partial charge in [0.25, 0.3) is 0 Å². The van der Waals surface area contributed by atoms with Crippen LogP contribution in [0.5, 0.6) is 5.75 Å². The Morgan fingerprint density at radius 1 is 1.09 bits per heavy atom. The van der Waals surface area contributed by atoms with Gasteiger partial charge in [0.1, 0.15) is 5.75 Å². The number of aromatic nitrogens is 3. The van der Waals surface area contributed by atoms with Gasteiger partial charge in [0.15, 0.2) is 11.0 Å². The van der Waals surface area contributed by atoms with Crippen molar-refractivity contribution in [1.82, 2.24) is 24.6 Å². The largest absolute Gasteiger partial charge is 0.497 e. The van der Waals surface area contributed by atoms with Crippen LogP contribution in [0.4, 0.5) is 0 Å². The van der Waals surface area contributed by atoms with Crippen LogP contribution in [-0.2, 0) is 17.9 Å². The predicted molar refractivity (Wildman–Crippen MR) is 136 cm³/mol. The highest BCUT2D eigenvalue weighted by molar-refractivity contribution is 8.00. The predicted octanol–water partition coefficient (Wildman–Crippen LogP) is 3.96. The molecule has 1 aliphatic heterocycles. The number of benzene rings is 2. The van der Waals surface area contributed by atoms with Gasteiger partial charge in [-0.15, -0.1) is 16.8 Å². The van der Waals surface area contributed by atoms with E-state index in [1.165, 1.54) is 17.3 Å². The zero-order valence-electron chi connectivity index (χ0n) is 19.8. The molecule has 0 radical (unpaired) electrons. The number of allylic oxidation sites excluding steroid dienone is 1. The number of piperazine rings is 1. The molecule has 0 spiro atoms. The number of thioether (sulfide) groups is 1. The number of amides is 1. The lowest BCUT2D eigenvalue weighted by Crippen LogP contribution is -2.50. The summed E-state index contributed by atoms with van der Waals surface area (Å²) in [7, 11) is 1.64. The van der Waals surface area contributed by atoms with E-state index in [0.29, 0.717) is 11.7 Å². The molecule has 34 heavy (non-hydrogen) atoms. The van der Waals surface area contributed by atoms with Gasteiger partial charge in [-0.2, -0.15) is 0 Å². The molecule has 0 bridgehead atoms. The van der Waals surface area contributed by atoms with Crippen molar-refractivity contribution < 1.29 is 9.53 Å². The first kappa shape index (κ1) is 24.0. The summed E-state index contributed by atoms with van der Waals surface area (Å²) in [5, 5.41) is 9.27. The number of methoxy groups -OCH3 is 1. The summed E-state index contributed by atoms with van der Waals surface area (Å²) in [4.78, 5) is 17.6. The Morgan fingerprint density at radius 2 is 1.79 bits per heavy atom. The number of carbonyl (C=O) groups is 1. The number of nitrogens with zero attached hydrogens (tertiary/aromatic N) is 5. The van der Waals surface area contributed by atoms with Gasteiger partial charge >= 0.3 is 0 Å². The van der Waals surface area contributed by atoms with Crippen LogP contribution in [0.25, 0.3) is 11.4 Å². The molecule has 0 saturated carbocycles. The summed E-state index contributed by atoms with van der Waals surface area (Å²) in [5.74, 6) is 1.68. The van der Waals surface area contributed by atoms with Crippen LogP contribution in [-0.4, -0.2) is 69.0 Å². The minimum Gasteiger partial charge on any atom is -0.497 e. The quantitative estimate of drug-likeness (QED) is 0.343. The van der Waals surface area contributed by atoms with E-state index in [-0.39, 0.29) is 11.2 Å². The fourth-order valence-electron chi connectivity index (χ4n) is 4.06. The monoisotopic (exact) mass is 477 g/mol. The maximum Gasteiger partial charge on any atom is 0.235 e. The summed E-state index contributed by atoms with van der Waals surface area (Å²) < 4.78 is 7.25. The van der Waals surface area contributed by atoms with Crippen molar-refractivity contribution >= 4 is 17.7 Å². The van der Waals surface area contributed by atoms with E-state index in [1.807, 2.05) is 52.8 Å². The molecule has 1 fully saturated rings. The second kappa shape index (κ2) is 11.4. The van der Waals surface area contributed by atoms with Crippen LogP contribution in [0.3, 0.4) is 0 Å². The zero-order valence-corrected chi connectivity index (χ0v) is 20.6. The number of carbonyl (C=O) groups excluding carboxylic acids is 1. The Kier molecular flexibility index (Phi) is 8.03. The van der Waals surface area contributed by atoms with E-state index in [0.717, 1.165) is 49.9 Å². The van der Waals surface area contributed by atoms with Crippen molar-refractivity contribution in [3.63, 3.8) is 0 Å². The van der Waals surface area contributed by atoms with Crippen LogP contribution in [0.15, 0.2) is 72.4 Å². The Labute approximate surface area is 205 Å². The first-order chi connectivity index (χ1) is 16.6. The third kappa shape index (κ3) is 5.69. The standard InChI is InChI=1S/C26H31N5O2S/c1-4-14-31-24(22-10-12-23(33-3)13-11-22)27-28-26(31)34-20(2)25(32)30-17-15-29(16-18-30)19-21-8-6-5-7-9-21/h4-13,20H,1,14-19H2,2-3H3.